The highest BCUT2D eigenvalue weighted by molar-refractivity contribution is 8.00. The number of ether oxygens (including phenoxy) is 1. The average molecular weight is 450 g/mol. The first-order valence-corrected chi connectivity index (χ1v) is 12.6. The Morgan fingerprint density at radius 3 is 2.47 bits per heavy atom. The van der Waals surface area contributed by atoms with Crippen LogP contribution in [0.1, 0.15) is 44.9 Å². The van der Waals surface area contributed by atoms with Gasteiger partial charge in [0.15, 0.2) is 5.82 Å². The molecule has 6 nitrogen and oxygen atoms in total. The molecule has 2 aromatic heterocycles. The third-order valence-corrected chi connectivity index (χ3v) is 7.46. The van der Waals surface area contributed by atoms with Gasteiger partial charge in [0.1, 0.15) is 11.6 Å². The first-order chi connectivity index (χ1) is 15.8. The summed E-state index contributed by atoms with van der Waals surface area (Å²) in [5.74, 6) is 2.55. The molecule has 5 rings (SSSR count). The van der Waals surface area contributed by atoms with Crippen molar-refractivity contribution >= 4 is 29.2 Å². The third-order valence-electron chi connectivity index (χ3n) is 6.15. The summed E-state index contributed by atoms with van der Waals surface area (Å²) in [6.45, 7) is 1.72. The normalized spacial score (nSPS) is 17.9. The minimum atomic E-state index is 0.516. The van der Waals surface area contributed by atoms with Crippen LogP contribution in [0.25, 0.3) is 11.3 Å². The summed E-state index contributed by atoms with van der Waals surface area (Å²) in [4.78, 5) is 6.13. The van der Waals surface area contributed by atoms with Gasteiger partial charge >= 0.3 is 0 Å². The molecule has 0 amide bonds. The van der Waals surface area contributed by atoms with Crippen molar-refractivity contribution in [2.45, 2.75) is 61.1 Å². The molecule has 1 saturated heterocycles. The molecule has 0 atom stereocenters. The van der Waals surface area contributed by atoms with Crippen LogP contribution in [0.15, 0.2) is 53.4 Å². The standard InChI is InChI=1S/C25H31N5OS/c1-3-7-18(8-4-1)22-17-25(30-29-22)28-24-16-21(32-20-11-13-31-14-12-20)15-23(27-24)26-19-9-5-2-6-10-19/h1,3-4,7-8,15-17,19-20H,2,5-6,9-14H2,(H3,26,27,28,29,30). The second kappa shape index (κ2) is 10.4. The number of H-pyrrole nitrogens is 1. The summed E-state index contributed by atoms with van der Waals surface area (Å²) in [7, 11) is 0. The SMILES string of the molecule is c1ccc(-c2cc(Nc3cc(SC4CCOCC4)cc(NC4CCCCC4)n3)n[nH]2)cc1. The highest BCUT2D eigenvalue weighted by Crippen LogP contribution is 2.34. The summed E-state index contributed by atoms with van der Waals surface area (Å²) in [5, 5.41) is 15.3. The van der Waals surface area contributed by atoms with Gasteiger partial charge in [-0.3, -0.25) is 5.10 Å². The van der Waals surface area contributed by atoms with E-state index in [1.165, 1.54) is 37.0 Å². The van der Waals surface area contributed by atoms with E-state index in [9.17, 15) is 0 Å². The minimum absolute atomic E-state index is 0.516. The molecular formula is C25H31N5OS. The van der Waals surface area contributed by atoms with E-state index in [1.807, 2.05) is 36.0 Å². The minimum Gasteiger partial charge on any atom is -0.381 e. The Morgan fingerprint density at radius 1 is 0.875 bits per heavy atom. The van der Waals surface area contributed by atoms with Gasteiger partial charge in [0.05, 0.1) is 5.69 Å². The Kier molecular flexibility index (Phi) is 6.94. The van der Waals surface area contributed by atoms with Crippen molar-refractivity contribution in [1.82, 2.24) is 15.2 Å². The van der Waals surface area contributed by atoms with Gasteiger partial charge < -0.3 is 15.4 Å². The number of benzene rings is 1. The molecule has 2 aliphatic rings. The van der Waals surface area contributed by atoms with E-state index in [1.54, 1.807) is 0 Å². The average Bonchev–Trinajstić information content (AvgIpc) is 3.29. The lowest BCUT2D eigenvalue weighted by molar-refractivity contribution is 0.100. The molecule has 168 valence electrons. The molecule has 3 aromatic rings. The molecule has 1 saturated carbocycles. The van der Waals surface area contributed by atoms with Crippen molar-refractivity contribution in [2.24, 2.45) is 0 Å². The van der Waals surface area contributed by atoms with Crippen LogP contribution in [0.2, 0.25) is 0 Å². The zero-order chi connectivity index (χ0) is 21.6. The summed E-state index contributed by atoms with van der Waals surface area (Å²) in [6, 6.07) is 17.1. The van der Waals surface area contributed by atoms with E-state index in [0.717, 1.165) is 54.8 Å². The molecule has 1 aliphatic heterocycles. The van der Waals surface area contributed by atoms with Gasteiger partial charge in [-0.25, -0.2) is 4.98 Å². The van der Waals surface area contributed by atoms with Crippen LogP contribution >= 0.6 is 11.8 Å². The van der Waals surface area contributed by atoms with Crippen molar-refractivity contribution in [2.75, 3.05) is 23.8 Å². The first kappa shape index (κ1) is 21.3. The highest BCUT2D eigenvalue weighted by atomic mass is 32.2. The Bertz CT molecular complexity index is 958. The lowest BCUT2D eigenvalue weighted by atomic mass is 9.95. The van der Waals surface area contributed by atoms with Crippen molar-refractivity contribution in [1.29, 1.82) is 0 Å². The molecule has 0 spiro atoms. The zero-order valence-corrected chi connectivity index (χ0v) is 19.2. The maximum atomic E-state index is 5.54. The molecule has 0 bridgehead atoms. The Labute approximate surface area is 194 Å². The first-order valence-electron chi connectivity index (χ1n) is 11.7. The topological polar surface area (TPSA) is 74.9 Å². The van der Waals surface area contributed by atoms with Gasteiger partial charge in [-0.1, -0.05) is 49.6 Å². The van der Waals surface area contributed by atoms with Gasteiger partial charge in [0, 0.05) is 35.5 Å². The van der Waals surface area contributed by atoms with Gasteiger partial charge in [0.25, 0.3) is 0 Å². The van der Waals surface area contributed by atoms with Gasteiger partial charge in [0.2, 0.25) is 0 Å². The van der Waals surface area contributed by atoms with Gasteiger partial charge in [-0.05, 0) is 43.4 Å². The predicted octanol–water partition coefficient (Wildman–Crippen LogP) is 6.23. The lowest BCUT2D eigenvalue weighted by Crippen LogP contribution is -2.23. The van der Waals surface area contributed by atoms with Crippen LogP contribution < -0.4 is 10.6 Å². The molecule has 2 fully saturated rings. The number of aromatic nitrogens is 3. The summed E-state index contributed by atoms with van der Waals surface area (Å²) in [6.07, 6.45) is 8.59. The number of thioether (sulfide) groups is 1. The number of nitrogens with one attached hydrogen (secondary N) is 3. The van der Waals surface area contributed by atoms with E-state index in [-0.39, 0.29) is 0 Å². The van der Waals surface area contributed by atoms with E-state index >= 15 is 0 Å². The number of anilines is 3. The van der Waals surface area contributed by atoms with Crippen LogP contribution in [0.5, 0.6) is 0 Å². The zero-order valence-electron chi connectivity index (χ0n) is 18.3. The fraction of sp³-hybridized carbons (Fsp3) is 0.440. The van der Waals surface area contributed by atoms with Crippen LogP contribution in [0.3, 0.4) is 0 Å². The molecule has 0 unspecified atom stereocenters. The van der Waals surface area contributed by atoms with E-state index in [4.69, 9.17) is 9.72 Å². The fourth-order valence-corrected chi connectivity index (χ4v) is 5.61. The number of rotatable bonds is 7. The maximum Gasteiger partial charge on any atom is 0.153 e. The molecule has 1 aromatic carbocycles. The number of nitrogens with zero attached hydrogens (tertiary/aromatic N) is 2. The Hall–Kier alpha value is -2.51. The van der Waals surface area contributed by atoms with Crippen LogP contribution in [0, 0.1) is 0 Å². The molecule has 1 aliphatic carbocycles. The lowest BCUT2D eigenvalue weighted by Gasteiger charge is -2.25. The molecule has 3 heterocycles. The quantitative estimate of drug-likeness (QED) is 0.397. The van der Waals surface area contributed by atoms with Crippen molar-refractivity contribution in [3.63, 3.8) is 0 Å². The predicted molar refractivity (Wildman–Crippen MR) is 132 cm³/mol. The number of pyridine rings is 1. The van der Waals surface area contributed by atoms with E-state index in [2.05, 4.69) is 45.1 Å². The van der Waals surface area contributed by atoms with Crippen LogP contribution in [0.4, 0.5) is 17.5 Å². The summed E-state index contributed by atoms with van der Waals surface area (Å²) >= 11 is 1.94. The third kappa shape index (κ3) is 5.64. The van der Waals surface area contributed by atoms with Crippen molar-refractivity contribution in [3.8, 4) is 11.3 Å². The summed E-state index contributed by atoms with van der Waals surface area (Å²) in [5.41, 5.74) is 2.10. The second-order valence-electron chi connectivity index (χ2n) is 8.64. The summed E-state index contributed by atoms with van der Waals surface area (Å²) < 4.78 is 5.54. The highest BCUT2D eigenvalue weighted by Gasteiger charge is 2.18. The Morgan fingerprint density at radius 2 is 1.66 bits per heavy atom. The van der Waals surface area contributed by atoms with Gasteiger partial charge in [-0.2, -0.15) is 5.10 Å². The smallest absolute Gasteiger partial charge is 0.153 e. The molecular weight excluding hydrogens is 418 g/mol. The molecule has 3 N–H and O–H groups in total. The number of hydrogen-bond donors (Lipinski definition) is 3. The molecule has 7 heteroatoms. The van der Waals surface area contributed by atoms with Crippen LogP contribution in [-0.2, 0) is 4.74 Å². The van der Waals surface area contributed by atoms with Crippen LogP contribution in [-0.4, -0.2) is 39.7 Å². The largest absolute Gasteiger partial charge is 0.381 e. The van der Waals surface area contributed by atoms with E-state index < -0.39 is 0 Å². The van der Waals surface area contributed by atoms with E-state index in [0.29, 0.717) is 11.3 Å². The fourth-order valence-electron chi connectivity index (χ4n) is 4.44. The maximum absolute atomic E-state index is 5.54. The molecule has 32 heavy (non-hydrogen) atoms. The molecule has 0 radical (unpaired) electrons. The number of hydrogen-bond acceptors (Lipinski definition) is 6. The Balaban J connectivity index is 1.35. The van der Waals surface area contributed by atoms with Crippen molar-refractivity contribution < 1.29 is 4.74 Å². The van der Waals surface area contributed by atoms with Gasteiger partial charge in [-0.15, -0.1) is 11.8 Å². The monoisotopic (exact) mass is 449 g/mol. The number of aromatic amines is 1. The second-order valence-corrected chi connectivity index (χ2v) is 10.0. The van der Waals surface area contributed by atoms with Crippen molar-refractivity contribution in [3.05, 3.63) is 48.5 Å².